The molecule has 0 radical (unpaired) electrons. The molecule has 24 heavy (non-hydrogen) atoms. The van der Waals surface area contributed by atoms with Gasteiger partial charge in [-0.15, -0.1) is 0 Å². The average molecular weight is 349 g/mol. The highest BCUT2D eigenvalue weighted by Gasteiger charge is 2.22. The van der Waals surface area contributed by atoms with Crippen molar-refractivity contribution in [1.29, 1.82) is 0 Å². The number of piperidine rings is 1. The van der Waals surface area contributed by atoms with Gasteiger partial charge in [-0.3, -0.25) is 9.36 Å². The molecule has 7 nitrogen and oxygen atoms in total. The van der Waals surface area contributed by atoms with Gasteiger partial charge in [-0.05, 0) is 32.6 Å². The van der Waals surface area contributed by atoms with Crippen molar-refractivity contribution in [2.75, 3.05) is 25.1 Å². The van der Waals surface area contributed by atoms with Crippen LogP contribution in [0.5, 0.6) is 0 Å². The van der Waals surface area contributed by atoms with Crippen molar-refractivity contribution in [2.24, 2.45) is 5.92 Å². The van der Waals surface area contributed by atoms with E-state index in [1.807, 2.05) is 13.8 Å². The van der Waals surface area contributed by atoms with Crippen LogP contribution in [0, 0.1) is 19.8 Å². The molecule has 2 aromatic rings. The monoisotopic (exact) mass is 349 g/mol. The molecule has 0 aliphatic carbocycles. The van der Waals surface area contributed by atoms with Crippen molar-refractivity contribution < 1.29 is 4.74 Å². The number of hydrogen-bond donors (Lipinski definition) is 0. The van der Waals surface area contributed by atoms with Gasteiger partial charge in [0.25, 0.3) is 5.56 Å². The molecule has 0 unspecified atom stereocenters. The minimum atomic E-state index is 0.0817. The summed E-state index contributed by atoms with van der Waals surface area (Å²) >= 11 is 1.43. The molecule has 1 aliphatic rings. The van der Waals surface area contributed by atoms with E-state index in [-0.39, 0.29) is 5.56 Å². The van der Waals surface area contributed by atoms with Crippen molar-refractivity contribution in [3.8, 4) is 0 Å². The molecule has 0 bridgehead atoms. The second kappa shape index (κ2) is 7.40. The van der Waals surface area contributed by atoms with Crippen LogP contribution in [0.2, 0.25) is 0 Å². The zero-order valence-electron chi connectivity index (χ0n) is 14.4. The van der Waals surface area contributed by atoms with E-state index in [1.165, 1.54) is 11.5 Å². The van der Waals surface area contributed by atoms with Crippen LogP contribution >= 0.6 is 11.5 Å². The molecule has 0 aromatic carbocycles. The van der Waals surface area contributed by atoms with E-state index >= 15 is 0 Å². The Kier molecular flexibility index (Phi) is 5.25. The summed E-state index contributed by atoms with van der Waals surface area (Å²) in [6.45, 7) is 6.80. The van der Waals surface area contributed by atoms with Crippen LogP contribution in [-0.4, -0.2) is 39.1 Å². The van der Waals surface area contributed by atoms with Crippen molar-refractivity contribution in [2.45, 2.75) is 39.8 Å². The molecule has 2 aromatic heterocycles. The van der Waals surface area contributed by atoms with Crippen molar-refractivity contribution in [3.63, 3.8) is 0 Å². The Morgan fingerprint density at radius 3 is 2.79 bits per heavy atom. The summed E-state index contributed by atoms with van der Waals surface area (Å²) in [5, 5.41) is 0.963. The Morgan fingerprint density at radius 1 is 1.33 bits per heavy atom. The van der Waals surface area contributed by atoms with Crippen LogP contribution in [0.1, 0.15) is 29.9 Å². The summed E-state index contributed by atoms with van der Waals surface area (Å²) in [6.07, 6.45) is 3.76. The van der Waals surface area contributed by atoms with E-state index in [9.17, 15) is 4.79 Å². The van der Waals surface area contributed by atoms with Gasteiger partial charge in [-0.1, -0.05) is 0 Å². The molecule has 1 saturated heterocycles. The molecule has 0 amide bonds. The van der Waals surface area contributed by atoms with Gasteiger partial charge in [0.1, 0.15) is 6.61 Å². The van der Waals surface area contributed by atoms with Crippen LogP contribution in [0.25, 0.3) is 0 Å². The first-order chi connectivity index (χ1) is 11.6. The largest absolute Gasteiger partial charge is 0.377 e. The first-order valence-corrected chi connectivity index (χ1v) is 8.95. The fourth-order valence-electron chi connectivity index (χ4n) is 2.95. The summed E-state index contributed by atoms with van der Waals surface area (Å²) in [6, 6.07) is 0. The third-order valence-corrected chi connectivity index (χ3v) is 5.40. The maximum atomic E-state index is 12.3. The average Bonchev–Trinajstić information content (AvgIpc) is 3.05. The van der Waals surface area contributed by atoms with Crippen LogP contribution in [0.3, 0.4) is 0 Å². The van der Waals surface area contributed by atoms with Gasteiger partial charge in [0.15, 0.2) is 5.82 Å². The van der Waals surface area contributed by atoms with Gasteiger partial charge in [0, 0.05) is 49.5 Å². The smallest absolute Gasteiger partial charge is 0.256 e. The van der Waals surface area contributed by atoms with Gasteiger partial charge < -0.3 is 9.64 Å². The Bertz CT molecular complexity index is 749. The van der Waals surface area contributed by atoms with Crippen LogP contribution in [-0.2, 0) is 17.9 Å². The van der Waals surface area contributed by atoms with E-state index in [4.69, 9.17) is 4.74 Å². The Balaban J connectivity index is 1.59. The van der Waals surface area contributed by atoms with Crippen LogP contribution in [0.15, 0.2) is 11.1 Å². The molecule has 1 aliphatic heterocycles. The Labute approximate surface area is 145 Å². The van der Waals surface area contributed by atoms with Gasteiger partial charge in [-0.2, -0.15) is 4.37 Å². The van der Waals surface area contributed by atoms with E-state index < -0.39 is 0 Å². The van der Waals surface area contributed by atoms with Crippen molar-refractivity contribution in [1.82, 2.24) is 18.9 Å². The molecule has 3 rings (SSSR count). The third-order valence-electron chi connectivity index (χ3n) is 4.59. The maximum absolute atomic E-state index is 12.3. The first-order valence-electron chi connectivity index (χ1n) is 8.17. The lowest BCUT2D eigenvalue weighted by atomic mass is 9.97. The number of aryl methyl sites for hydroxylation is 1. The van der Waals surface area contributed by atoms with Gasteiger partial charge >= 0.3 is 0 Å². The molecule has 0 saturated carbocycles. The lowest BCUT2D eigenvalue weighted by Gasteiger charge is -2.31. The predicted molar refractivity (Wildman–Crippen MR) is 93.5 cm³/mol. The number of hydrogen-bond acceptors (Lipinski definition) is 7. The first kappa shape index (κ1) is 17.0. The van der Waals surface area contributed by atoms with Crippen molar-refractivity contribution in [3.05, 3.63) is 33.8 Å². The second-order valence-electron chi connectivity index (χ2n) is 6.27. The summed E-state index contributed by atoms with van der Waals surface area (Å²) in [7, 11) is 1.65. The van der Waals surface area contributed by atoms with Crippen LogP contribution < -0.4 is 10.5 Å². The highest BCUT2D eigenvalue weighted by molar-refractivity contribution is 7.09. The molecule has 1 fully saturated rings. The number of methoxy groups -OCH3 is 1. The Morgan fingerprint density at radius 2 is 2.08 bits per heavy atom. The van der Waals surface area contributed by atoms with E-state index in [0.29, 0.717) is 12.5 Å². The summed E-state index contributed by atoms with van der Waals surface area (Å²) in [4.78, 5) is 23.4. The fraction of sp³-hybridized carbons (Fsp3) is 0.625. The standard InChI is InChI=1S/C16H23N5O2S/c1-11-12(2)17-10-21(15(11)22)8-13-4-6-20(7-5-13)16-18-14(9-23-3)19-24-16/h10,13H,4-9H2,1-3H3. The normalized spacial score (nSPS) is 15.9. The van der Waals surface area contributed by atoms with Gasteiger partial charge in [-0.25, -0.2) is 9.97 Å². The lowest BCUT2D eigenvalue weighted by Crippen LogP contribution is -2.36. The lowest BCUT2D eigenvalue weighted by molar-refractivity contribution is 0.179. The molecule has 8 heteroatoms. The molecular weight excluding hydrogens is 326 g/mol. The van der Waals surface area contributed by atoms with Crippen molar-refractivity contribution >= 4 is 16.7 Å². The number of rotatable bonds is 5. The zero-order valence-corrected chi connectivity index (χ0v) is 15.2. The minimum absolute atomic E-state index is 0.0817. The summed E-state index contributed by atoms with van der Waals surface area (Å²) in [5.74, 6) is 1.24. The van der Waals surface area contributed by atoms with Gasteiger partial charge in [0.05, 0.1) is 6.33 Å². The molecule has 0 atom stereocenters. The van der Waals surface area contributed by atoms with Crippen LogP contribution in [0.4, 0.5) is 5.13 Å². The SMILES string of the molecule is COCc1nsc(N2CCC(Cn3cnc(C)c(C)c3=O)CC2)n1. The summed E-state index contributed by atoms with van der Waals surface area (Å²) in [5.41, 5.74) is 1.64. The predicted octanol–water partition coefficient (Wildman–Crippen LogP) is 1.77. The fourth-order valence-corrected chi connectivity index (χ4v) is 3.68. The molecule has 0 N–H and O–H groups in total. The number of anilines is 1. The highest BCUT2D eigenvalue weighted by atomic mass is 32.1. The molecular formula is C16H23N5O2S. The summed E-state index contributed by atoms with van der Waals surface area (Å²) < 4.78 is 11.1. The second-order valence-corrected chi connectivity index (χ2v) is 7.00. The van der Waals surface area contributed by atoms with E-state index in [2.05, 4.69) is 19.2 Å². The topological polar surface area (TPSA) is 73.1 Å². The Hall–Kier alpha value is -1.80. The molecule has 0 spiro atoms. The number of nitrogens with zero attached hydrogens (tertiary/aromatic N) is 5. The number of ether oxygens (including phenoxy) is 1. The zero-order chi connectivity index (χ0) is 17.1. The van der Waals surface area contributed by atoms with E-state index in [1.54, 1.807) is 18.0 Å². The third kappa shape index (κ3) is 3.64. The highest BCUT2D eigenvalue weighted by Crippen LogP contribution is 2.25. The van der Waals surface area contributed by atoms with E-state index in [0.717, 1.165) is 54.7 Å². The number of aromatic nitrogens is 4. The molecule has 3 heterocycles. The minimum Gasteiger partial charge on any atom is -0.377 e. The quantitative estimate of drug-likeness (QED) is 0.819. The molecule has 130 valence electrons. The van der Waals surface area contributed by atoms with Gasteiger partial charge in [0.2, 0.25) is 5.13 Å². The maximum Gasteiger partial charge on any atom is 0.256 e.